The molecule has 0 radical (unpaired) electrons. The van der Waals surface area contributed by atoms with Crippen LogP contribution in [0, 0.1) is 17.2 Å². The lowest BCUT2D eigenvalue weighted by Gasteiger charge is -2.32. The molecule has 1 atom stereocenters. The molecule has 3 aromatic rings. The summed E-state index contributed by atoms with van der Waals surface area (Å²) in [5.74, 6) is 0.991. The minimum absolute atomic E-state index is 0.0677. The minimum Gasteiger partial charge on any atom is -0.324 e. The molecule has 2 aromatic heterocycles. The topological polar surface area (TPSA) is 117 Å². The average molecular weight is 480 g/mol. The third-order valence-corrected chi connectivity index (χ3v) is 8.10. The number of nitrogens with one attached hydrogen (secondary N) is 1. The van der Waals surface area contributed by atoms with Crippen LogP contribution in [-0.4, -0.2) is 51.3 Å². The number of hydrogen-bond donors (Lipinski definition) is 1. The molecular formula is C24H29N7O2S. The quantitative estimate of drug-likeness (QED) is 0.493. The maximum absolute atomic E-state index is 12.1. The van der Waals surface area contributed by atoms with E-state index in [1.165, 1.54) is 0 Å². The zero-order chi connectivity index (χ0) is 24.0. The Morgan fingerprint density at radius 1 is 1.21 bits per heavy atom. The Morgan fingerprint density at radius 3 is 2.68 bits per heavy atom. The summed E-state index contributed by atoms with van der Waals surface area (Å²) in [7, 11) is -3.14. The summed E-state index contributed by atoms with van der Waals surface area (Å²) in [6.07, 6.45) is 8.13. The predicted octanol–water partition coefficient (Wildman–Crippen LogP) is 3.99. The number of aromatic nitrogens is 4. The van der Waals surface area contributed by atoms with E-state index in [0.29, 0.717) is 31.4 Å². The molecular weight excluding hydrogens is 450 g/mol. The van der Waals surface area contributed by atoms with E-state index in [1.807, 2.05) is 47.3 Å². The SMILES string of the molecule is CCS(=O)(=O)N1CCC(CC(CC#N)n2cc(-c3ccnc(Nc4ccccc4)n3)cn2)CC1. The fourth-order valence-electron chi connectivity index (χ4n) is 4.28. The number of nitriles is 1. The first-order chi connectivity index (χ1) is 16.5. The lowest BCUT2D eigenvalue weighted by atomic mass is 9.90. The fraction of sp³-hybridized carbons (Fsp3) is 0.417. The van der Waals surface area contributed by atoms with Crippen molar-refractivity contribution in [1.29, 1.82) is 5.26 Å². The van der Waals surface area contributed by atoms with Crippen LogP contribution in [0.5, 0.6) is 0 Å². The molecule has 10 heteroatoms. The smallest absolute Gasteiger partial charge is 0.227 e. The molecule has 1 aliphatic heterocycles. The van der Waals surface area contributed by atoms with Gasteiger partial charge in [-0.15, -0.1) is 0 Å². The summed E-state index contributed by atoms with van der Waals surface area (Å²) in [5.41, 5.74) is 2.50. The van der Waals surface area contributed by atoms with Crippen molar-refractivity contribution in [3.8, 4) is 17.3 Å². The number of hydrogen-bond acceptors (Lipinski definition) is 7. The van der Waals surface area contributed by atoms with Crippen molar-refractivity contribution >= 4 is 21.7 Å². The van der Waals surface area contributed by atoms with Crippen molar-refractivity contribution in [2.45, 2.75) is 38.6 Å². The van der Waals surface area contributed by atoms with Gasteiger partial charge in [0.15, 0.2) is 0 Å². The molecule has 3 heterocycles. The average Bonchev–Trinajstić information content (AvgIpc) is 3.35. The number of piperidine rings is 1. The number of sulfonamides is 1. The largest absolute Gasteiger partial charge is 0.324 e. The molecule has 0 bridgehead atoms. The standard InChI is InChI=1S/C24H29N7O2S/c1-2-34(32,33)30-14-10-19(11-15-30)16-22(8-12-25)31-18-20(17-27-31)23-9-13-26-24(29-23)28-21-6-4-3-5-7-21/h3-7,9,13,17-19,22H,2,8,10-11,14-16H2,1H3,(H,26,28,29). The van der Waals surface area contributed by atoms with Crippen molar-refractivity contribution in [3.05, 3.63) is 55.0 Å². The highest BCUT2D eigenvalue weighted by Gasteiger charge is 2.28. The van der Waals surface area contributed by atoms with E-state index in [2.05, 4.69) is 26.5 Å². The molecule has 0 aliphatic carbocycles. The third kappa shape index (κ3) is 5.79. The van der Waals surface area contributed by atoms with Gasteiger partial charge in [0.2, 0.25) is 16.0 Å². The van der Waals surface area contributed by atoms with Crippen LogP contribution in [0.15, 0.2) is 55.0 Å². The third-order valence-electron chi connectivity index (χ3n) is 6.22. The summed E-state index contributed by atoms with van der Waals surface area (Å²) < 4.78 is 27.7. The van der Waals surface area contributed by atoms with Crippen molar-refractivity contribution in [2.24, 2.45) is 5.92 Å². The van der Waals surface area contributed by atoms with E-state index >= 15 is 0 Å². The highest BCUT2D eigenvalue weighted by Crippen LogP contribution is 2.30. The summed E-state index contributed by atoms with van der Waals surface area (Å²) in [6, 6.07) is 13.8. The van der Waals surface area contributed by atoms with Crippen LogP contribution in [0.3, 0.4) is 0 Å². The second kappa shape index (κ2) is 10.8. The number of rotatable bonds is 9. The Bertz CT molecular complexity index is 1230. The Labute approximate surface area is 200 Å². The molecule has 9 nitrogen and oxygen atoms in total. The highest BCUT2D eigenvalue weighted by molar-refractivity contribution is 7.89. The Hall–Kier alpha value is -3.29. The van der Waals surface area contributed by atoms with Crippen LogP contribution in [0.4, 0.5) is 11.6 Å². The van der Waals surface area contributed by atoms with E-state index in [4.69, 9.17) is 0 Å². The predicted molar refractivity (Wildman–Crippen MR) is 131 cm³/mol. The molecule has 0 spiro atoms. The summed E-state index contributed by atoms with van der Waals surface area (Å²) in [6.45, 7) is 2.77. The second-order valence-electron chi connectivity index (χ2n) is 8.46. The highest BCUT2D eigenvalue weighted by atomic mass is 32.2. The van der Waals surface area contributed by atoms with Crippen LogP contribution in [0.25, 0.3) is 11.3 Å². The van der Waals surface area contributed by atoms with Gasteiger partial charge in [-0.05, 0) is 50.3 Å². The van der Waals surface area contributed by atoms with Gasteiger partial charge in [0, 0.05) is 36.7 Å². The molecule has 178 valence electrons. The van der Waals surface area contributed by atoms with Gasteiger partial charge in [-0.1, -0.05) is 18.2 Å². The van der Waals surface area contributed by atoms with Crippen LogP contribution in [0.2, 0.25) is 0 Å². The van der Waals surface area contributed by atoms with Crippen LogP contribution in [0.1, 0.15) is 38.6 Å². The number of benzene rings is 1. The Kier molecular flexibility index (Phi) is 7.55. The van der Waals surface area contributed by atoms with Gasteiger partial charge in [-0.3, -0.25) is 4.68 Å². The first-order valence-corrected chi connectivity index (χ1v) is 13.1. The van der Waals surface area contributed by atoms with E-state index in [0.717, 1.165) is 36.2 Å². The van der Waals surface area contributed by atoms with Crippen molar-refractivity contribution < 1.29 is 8.42 Å². The van der Waals surface area contributed by atoms with Gasteiger partial charge in [0.05, 0.1) is 36.2 Å². The lowest BCUT2D eigenvalue weighted by molar-refractivity contribution is 0.233. The van der Waals surface area contributed by atoms with Gasteiger partial charge in [0.1, 0.15) is 0 Å². The molecule has 0 saturated carbocycles. The monoisotopic (exact) mass is 479 g/mol. The summed E-state index contributed by atoms with van der Waals surface area (Å²) >= 11 is 0. The van der Waals surface area contributed by atoms with E-state index in [-0.39, 0.29) is 11.8 Å². The molecule has 1 saturated heterocycles. The molecule has 4 rings (SSSR count). The summed E-state index contributed by atoms with van der Waals surface area (Å²) in [5, 5.41) is 17.1. The first-order valence-electron chi connectivity index (χ1n) is 11.5. The Morgan fingerprint density at radius 2 is 1.97 bits per heavy atom. The van der Waals surface area contributed by atoms with Crippen molar-refractivity contribution in [3.63, 3.8) is 0 Å². The molecule has 34 heavy (non-hydrogen) atoms. The number of anilines is 2. The molecule has 0 amide bonds. The molecule has 1 N–H and O–H groups in total. The van der Waals surface area contributed by atoms with E-state index in [1.54, 1.807) is 23.6 Å². The minimum atomic E-state index is -3.14. The zero-order valence-corrected chi connectivity index (χ0v) is 20.0. The second-order valence-corrected chi connectivity index (χ2v) is 10.7. The normalized spacial score (nSPS) is 16.1. The van der Waals surface area contributed by atoms with Crippen LogP contribution >= 0.6 is 0 Å². The van der Waals surface area contributed by atoms with E-state index < -0.39 is 10.0 Å². The maximum atomic E-state index is 12.1. The fourth-order valence-corrected chi connectivity index (χ4v) is 5.41. The van der Waals surface area contributed by atoms with Gasteiger partial charge in [-0.25, -0.2) is 22.7 Å². The Balaban J connectivity index is 1.43. The van der Waals surface area contributed by atoms with Gasteiger partial charge in [-0.2, -0.15) is 10.4 Å². The van der Waals surface area contributed by atoms with Crippen molar-refractivity contribution in [2.75, 3.05) is 24.2 Å². The maximum Gasteiger partial charge on any atom is 0.227 e. The van der Waals surface area contributed by atoms with Gasteiger partial charge >= 0.3 is 0 Å². The lowest BCUT2D eigenvalue weighted by Crippen LogP contribution is -2.39. The van der Waals surface area contributed by atoms with Gasteiger partial charge in [0.25, 0.3) is 0 Å². The molecule has 1 aromatic carbocycles. The first kappa shape index (κ1) is 23.9. The van der Waals surface area contributed by atoms with E-state index in [9.17, 15) is 13.7 Å². The van der Waals surface area contributed by atoms with Crippen LogP contribution < -0.4 is 5.32 Å². The van der Waals surface area contributed by atoms with Crippen molar-refractivity contribution in [1.82, 2.24) is 24.1 Å². The number of para-hydroxylation sites is 1. The molecule has 1 fully saturated rings. The van der Waals surface area contributed by atoms with Crippen LogP contribution in [-0.2, 0) is 10.0 Å². The summed E-state index contributed by atoms with van der Waals surface area (Å²) in [4.78, 5) is 8.91. The van der Waals surface area contributed by atoms with Gasteiger partial charge < -0.3 is 5.32 Å². The number of nitrogens with zero attached hydrogens (tertiary/aromatic N) is 6. The molecule has 1 unspecified atom stereocenters. The molecule has 1 aliphatic rings. The zero-order valence-electron chi connectivity index (χ0n) is 19.2.